The van der Waals surface area contributed by atoms with Gasteiger partial charge in [0.2, 0.25) is 0 Å². The van der Waals surface area contributed by atoms with Gasteiger partial charge in [0.1, 0.15) is 6.17 Å². The summed E-state index contributed by atoms with van der Waals surface area (Å²) in [5, 5.41) is 0. The molecule has 0 aliphatic carbocycles. The highest BCUT2D eigenvalue weighted by molar-refractivity contribution is 4.97. The molecular weight excluding hydrogens is 484 g/mol. The van der Waals surface area contributed by atoms with Gasteiger partial charge >= 0.3 is 0 Å². The second kappa shape index (κ2) is 29.8. The molecule has 0 N–H and O–H groups in total. The number of hydrogen-bond acceptors (Lipinski definition) is 2. The van der Waals surface area contributed by atoms with Gasteiger partial charge in [0, 0.05) is 25.5 Å². The molecular formula is C38H76N2. The molecule has 2 nitrogen and oxygen atoms in total. The minimum atomic E-state index is 0.641. The van der Waals surface area contributed by atoms with E-state index in [1.165, 1.54) is 206 Å². The van der Waals surface area contributed by atoms with Gasteiger partial charge in [-0.25, -0.2) is 0 Å². The summed E-state index contributed by atoms with van der Waals surface area (Å²) in [5.74, 6) is 0. The summed E-state index contributed by atoms with van der Waals surface area (Å²) in [6.07, 6.45) is 48.4. The third kappa shape index (κ3) is 22.0. The summed E-state index contributed by atoms with van der Waals surface area (Å²) in [7, 11) is 0. The Kier molecular flexibility index (Phi) is 27.9. The fraction of sp³-hybridized carbons (Fsp3) is 0.947. The standard InChI is InChI=1S/C38H76N2/c1-4-7-10-13-16-18-19-20-21-22-24-26-29-32-35-40-37-36-39(38(40)33-30-27-15-12-9-6-3)34-31-28-25-23-17-14-11-8-5-2/h36-38H,4-35H2,1-3H3. The van der Waals surface area contributed by atoms with E-state index in [1.54, 1.807) is 0 Å². The first kappa shape index (κ1) is 37.4. The number of unbranched alkanes of at least 4 members (excludes halogenated alkanes) is 26. The van der Waals surface area contributed by atoms with Crippen LogP contribution >= 0.6 is 0 Å². The maximum atomic E-state index is 2.71. The number of hydrogen-bond donors (Lipinski definition) is 0. The van der Waals surface area contributed by atoms with Crippen molar-refractivity contribution in [3.63, 3.8) is 0 Å². The highest BCUT2D eigenvalue weighted by atomic mass is 15.4. The zero-order valence-corrected chi connectivity index (χ0v) is 28.3. The molecule has 1 heterocycles. The minimum Gasteiger partial charge on any atom is -0.356 e. The molecule has 0 spiro atoms. The van der Waals surface area contributed by atoms with E-state index in [2.05, 4.69) is 43.0 Å². The lowest BCUT2D eigenvalue weighted by Crippen LogP contribution is -2.39. The fourth-order valence-electron chi connectivity index (χ4n) is 6.54. The van der Waals surface area contributed by atoms with Crippen LogP contribution in [0.2, 0.25) is 0 Å². The topological polar surface area (TPSA) is 6.48 Å². The molecule has 2 heteroatoms. The van der Waals surface area contributed by atoms with Crippen LogP contribution in [0.5, 0.6) is 0 Å². The van der Waals surface area contributed by atoms with Crippen molar-refractivity contribution in [2.45, 2.75) is 220 Å². The second-order valence-corrected chi connectivity index (χ2v) is 13.2. The highest BCUT2D eigenvalue weighted by Crippen LogP contribution is 2.24. The first-order valence-electron chi connectivity index (χ1n) is 19.0. The van der Waals surface area contributed by atoms with Crippen molar-refractivity contribution >= 4 is 0 Å². The van der Waals surface area contributed by atoms with Crippen molar-refractivity contribution in [1.82, 2.24) is 9.80 Å². The third-order valence-corrected chi connectivity index (χ3v) is 9.32. The van der Waals surface area contributed by atoms with Gasteiger partial charge in [-0.3, -0.25) is 0 Å². The molecule has 0 radical (unpaired) electrons. The molecule has 1 rings (SSSR count). The molecule has 0 fully saturated rings. The third-order valence-electron chi connectivity index (χ3n) is 9.32. The molecule has 0 amide bonds. The Morgan fingerprint density at radius 2 is 0.575 bits per heavy atom. The maximum absolute atomic E-state index is 2.71. The quantitative estimate of drug-likeness (QED) is 0.0755. The summed E-state index contributed by atoms with van der Waals surface area (Å²) in [4.78, 5) is 5.41. The van der Waals surface area contributed by atoms with Gasteiger partial charge in [-0.1, -0.05) is 188 Å². The monoisotopic (exact) mass is 561 g/mol. The molecule has 40 heavy (non-hydrogen) atoms. The fourth-order valence-corrected chi connectivity index (χ4v) is 6.54. The molecule has 0 aromatic heterocycles. The first-order valence-corrected chi connectivity index (χ1v) is 19.0. The Bertz CT molecular complexity index is 516. The molecule has 0 aromatic rings. The van der Waals surface area contributed by atoms with Gasteiger partial charge < -0.3 is 9.80 Å². The van der Waals surface area contributed by atoms with Crippen LogP contribution < -0.4 is 0 Å². The largest absolute Gasteiger partial charge is 0.356 e. The smallest absolute Gasteiger partial charge is 0.101 e. The van der Waals surface area contributed by atoms with Crippen LogP contribution in [0.1, 0.15) is 213 Å². The average molecular weight is 561 g/mol. The van der Waals surface area contributed by atoms with Crippen molar-refractivity contribution in [1.29, 1.82) is 0 Å². The zero-order valence-electron chi connectivity index (χ0n) is 28.3. The normalized spacial score (nSPS) is 15.1. The lowest BCUT2D eigenvalue weighted by Gasteiger charge is -2.33. The molecule has 0 aromatic carbocycles. The van der Waals surface area contributed by atoms with Crippen molar-refractivity contribution in [3.05, 3.63) is 12.4 Å². The average Bonchev–Trinajstić information content (AvgIpc) is 3.35. The van der Waals surface area contributed by atoms with Gasteiger partial charge in [-0.15, -0.1) is 0 Å². The second-order valence-electron chi connectivity index (χ2n) is 13.2. The minimum absolute atomic E-state index is 0.641. The molecule has 1 atom stereocenters. The van der Waals surface area contributed by atoms with Gasteiger partial charge in [0.25, 0.3) is 0 Å². The van der Waals surface area contributed by atoms with Crippen LogP contribution in [0.4, 0.5) is 0 Å². The summed E-state index contributed by atoms with van der Waals surface area (Å²) in [5.41, 5.74) is 0. The maximum Gasteiger partial charge on any atom is 0.101 e. The Labute approximate surface area is 254 Å². The predicted molar refractivity (Wildman–Crippen MR) is 182 cm³/mol. The number of nitrogens with zero attached hydrogens (tertiary/aromatic N) is 2. The summed E-state index contributed by atoms with van der Waals surface area (Å²) in [6, 6.07) is 0. The van der Waals surface area contributed by atoms with Crippen molar-refractivity contribution < 1.29 is 0 Å². The highest BCUT2D eigenvalue weighted by Gasteiger charge is 2.24. The Hall–Kier alpha value is -0.660. The van der Waals surface area contributed by atoms with Crippen LogP contribution in [0.15, 0.2) is 12.4 Å². The van der Waals surface area contributed by atoms with E-state index in [-0.39, 0.29) is 0 Å². The molecule has 0 saturated carbocycles. The SMILES string of the molecule is CCCCCCCCCCCCCCCCN1C=CN(CCCCCCCCCCC)C1CCCCCCCC. The Morgan fingerprint density at radius 3 is 0.875 bits per heavy atom. The molecule has 1 aliphatic heterocycles. The van der Waals surface area contributed by atoms with Gasteiger partial charge in [0.05, 0.1) is 0 Å². The lowest BCUT2D eigenvalue weighted by atomic mass is 10.0. The number of rotatable bonds is 32. The zero-order chi connectivity index (χ0) is 28.8. The molecule has 0 saturated heterocycles. The van der Waals surface area contributed by atoms with Crippen molar-refractivity contribution in [2.24, 2.45) is 0 Å². The van der Waals surface area contributed by atoms with E-state index in [0.717, 1.165) is 0 Å². The lowest BCUT2D eigenvalue weighted by molar-refractivity contribution is 0.135. The van der Waals surface area contributed by atoms with E-state index < -0.39 is 0 Å². The van der Waals surface area contributed by atoms with Gasteiger partial charge in [0.15, 0.2) is 0 Å². The Morgan fingerprint density at radius 1 is 0.325 bits per heavy atom. The van der Waals surface area contributed by atoms with Crippen molar-refractivity contribution in [3.8, 4) is 0 Å². The van der Waals surface area contributed by atoms with Crippen LogP contribution in [-0.2, 0) is 0 Å². The summed E-state index contributed by atoms with van der Waals surface area (Å²) < 4.78 is 0. The van der Waals surface area contributed by atoms with E-state index in [0.29, 0.717) is 6.17 Å². The molecule has 1 aliphatic rings. The Balaban J connectivity index is 2.16. The van der Waals surface area contributed by atoms with E-state index >= 15 is 0 Å². The van der Waals surface area contributed by atoms with Crippen LogP contribution in [0.3, 0.4) is 0 Å². The van der Waals surface area contributed by atoms with Crippen LogP contribution in [0, 0.1) is 0 Å². The van der Waals surface area contributed by atoms with Crippen LogP contribution in [-0.4, -0.2) is 29.1 Å². The van der Waals surface area contributed by atoms with Crippen LogP contribution in [0.25, 0.3) is 0 Å². The molecule has 238 valence electrons. The van der Waals surface area contributed by atoms with Gasteiger partial charge in [-0.05, 0) is 25.7 Å². The van der Waals surface area contributed by atoms with E-state index in [4.69, 9.17) is 0 Å². The van der Waals surface area contributed by atoms with Gasteiger partial charge in [-0.2, -0.15) is 0 Å². The van der Waals surface area contributed by atoms with E-state index in [1.807, 2.05) is 0 Å². The summed E-state index contributed by atoms with van der Waals surface area (Å²) >= 11 is 0. The predicted octanol–water partition coefficient (Wildman–Crippen LogP) is 13.2. The van der Waals surface area contributed by atoms with Crippen molar-refractivity contribution in [2.75, 3.05) is 13.1 Å². The van der Waals surface area contributed by atoms with E-state index in [9.17, 15) is 0 Å². The summed E-state index contributed by atoms with van der Waals surface area (Å²) in [6.45, 7) is 9.48. The molecule has 0 bridgehead atoms. The molecule has 1 unspecified atom stereocenters. The first-order chi connectivity index (χ1) is 19.8.